The molecule has 1 aliphatic carbocycles. The smallest absolute Gasteiger partial charge is 0.329 e. The van der Waals surface area contributed by atoms with Crippen molar-refractivity contribution in [2.45, 2.75) is 50.7 Å². The van der Waals surface area contributed by atoms with Crippen LogP contribution in [0.1, 0.15) is 39.0 Å². The van der Waals surface area contributed by atoms with Gasteiger partial charge in [-0.05, 0) is 46.3 Å². The molecule has 0 aliphatic heterocycles. The Morgan fingerprint density at radius 3 is 2.33 bits per heavy atom. The Labute approximate surface area is 126 Å². The predicted octanol–water partition coefficient (Wildman–Crippen LogP) is 2.71. The molecule has 1 aliphatic rings. The fourth-order valence-corrected chi connectivity index (χ4v) is 3.40. The van der Waals surface area contributed by atoms with Crippen molar-refractivity contribution in [1.29, 1.82) is 0 Å². The van der Waals surface area contributed by atoms with E-state index in [1.807, 2.05) is 14.1 Å². The van der Waals surface area contributed by atoms with Crippen molar-refractivity contribution in [3.63, 3.8) is 0 Å². The number of hydrogen-bond donors (Lipinski definition) is 1. The number of rotatable bonds is 7. The highest BCUT2D eigenvalue weighted by Gasteiger charge is 2.49. The molecule has 0 aromatic rings. The minimum atomic E-state index is -4.10. The van der Waals surface area contributed by atoms with E-state index in [-0.39, 0.29) is 12.8 Å². The van der Waals surface area contributed by atoms with Gasteiger partial charge in [0.05, 0.1) is 5.92 Å². The zero-order valence-corrected chi connectivity index (χ0v) is 13.5. The average molecular weight is 309 g/mol. The highest BCUT2D eigenvalue weighted by molar-refractivity contribution is 4.98. The molecule has 0 spiro atoms. The van der Waals surface area contributed by atoms with Crippen LogP contribution in [0.15, 0.2) is 0 Å². The molecule has 1 rings (SSSR count). The Morgan fingerprint density at radius 1 is 1.19 bits per heavy atom. The third-order valence-corrected chi connectivity index (χ3v) is 4.65. The molecule has 3 nitrogen and oxygen atoms in total. The number of halogens is 3. The topological polar surface area (TPSA) is 32.5 Å². The third-order valence-electron chi connectivity index (χ3n) is 4.65. The van der Waals surface area contributed by atoms with Crippen LogP contribution in [0.25, 0.3) is 0 Å². The Kier molecular flexibility index (Phi) is 6.94. The molecule has 0 aromatic carbocycles. The Morgan fingerprint density at radius 2 is 1.86 bits per heavy atom. The molecule has 6 heteroatoms. The van der Waals surface area contributed by atoms with Crippen LogP contribution >= 0.6 is 0 Å². The molecule has 2 atom stereocenters. The van der Waals surface area contributed by atoms with Crippen molar-refractivity contribution in [2.24, 2.45) is 11.7 Å². The quantitative estimate of drug-likeness (QED) is 0.785. The van der Waals surface area contributed by atoms with Gasteiger partial charge in [-0.15, -0.1) is 0 Å². The van der Waals surface area contributed by atoms with Crippen LogP contribution in [-0.2, 0) is 0 Å². The van der Waals surface area contributed by atoms with E-state index in [9.17, 15) is 13.2 Å². The van der Waals surface area contributed by atoms with Crippen molar-refractivity contribution in [2.75, 3.05) is 40.3 Å². The second-order valence-corrected chi connectivity index (χ2v) is 6.55. The lowest BCUT2D eigenvalue weighted by atomic mass is 9.74. The number of nitrogens with zero attached hydrogens (tertiary/aromatic N) is 2. The van der Waals surface area contributed by atoms with E-state index in [1.165, 1.54) is 0 Å². The molecule has 0 amide bonds. The maximum atomic E-state index is 13.1. The minimum absolute atomic E-state index is 0.153. The summed E-state index contributed by atoms with van der Waals surface area (Å²) in [5.74, 6) is -1.20. The summed E-state index contributed by atoms with van der Waals surface area (Å²) < 4.78 is 39.4. The van der Waals surface area contributed by atoms with Gasteiger partial charge in [-0.3, -0.25) is 4.90 Å². The summed E-state index contributed by atoms with van der Waals surface area (Å²) in [6.45, 7) is 4.82. The highest BCUT2D eigenvalue weighted by Crippen LogP contribution is 2.43. The van der Waals surface area contributed by atoms with Crippen LogP contribution < -0.4 is 5.73 Å². The van der Waals surface area contributed by atoms with E-state index < -0.39 is 17.6 Å². The molecule has 21 heavy (non-hydrogen) atoms. The van der Waals surface area contributed by atoms with E-state index in [0.29, 0.717) is 13.0 Å². The summed E-state index contributed by atoms with van der Waals surface area (Å²) in [7, 11) is 3.97. The van der Waals surface area contributed by atoms with Gasteiger partial charge in [0.1, 0.15) is 0 Å². The van der Waals surface area contributed by atoms with Gasteiger partial charge in [-0.1, -0.05) is 13.3 Å². The lowest BCUT2D eigenvalue weighted by Gasteiger charge is -2.49. The van der Waals surface area contributed by atoms with Gasteiger partial charge in [0.25, 0.3) is 0 Å². The maximum absolute atomic E-state index is 13.1. The van der Waals surface area contributed by atoms with Crippen molar-refractivity contribution in [3.05, 3.63) is 0 Å². The van der Waals surface area contributed by atoms with Crippen LogP contribution in [0.5, 0.6) is 0 Å². The zero-order valence-electron chi connectivity index (χ0n) is 13.5. The van der Waals surface area contributed by atoms with Crippen molar-refractivity contribution < 1.29 is 13.2 Å². The molecule has 0 bridgehead atoms. The van der Waals surface area contributed by atoms with E-state index in [0.717, 1.165) is 32.5 Å². The molecule has 0 radical (unpaired) electrons. The molecule has 1 fully saturated rings. The van der Waals surface area contributed by atoms with E-state index in [4.69, 9.17) is 5.73 Å². The van der Waals surface area contributed by atoms with Crippen molar-refractivity contribution in [1.82, 2.24) is 9.80 Å². The van der Waals surface area contributed by atoms with E-state index in [1.54, 1.807) is 0 Å². The molecule has 0 heterocycles. The highest BCUT2D eigenvalue weighted by atomic mass is 19.4. The number of hydrogen-bond acceptors (Lipinski definition) is 3. The molecule has 126 valence electrons. The third kappa shape index (κ3) is 5.11. The Hall–Kier alpha value is -0.330. The van der Waals surface area contributed by atoms with Gasteiger partial charge in [0, 0.05) is 25.2 Å². The molecule has 2 N–H and O–H groups in total. The van der Waals surface area contributed by atoms with Crippen LogP contribution in [0.4, 0.5) is 13.2 Å². The van der Waals surface area contributed by atoms with Crippen LogP contribution in [0.3, 0.4) is 0 Å². The second kappa shape index (κ2) is 7.79. The van der Waals surface area contributed by atoms with Crippen molar-refractivity contribution in [3.8, 4) is 0 Å². The van der Waals surface area contributed by atoms with Gasteiger partial charge in [-0.2, -0.15) is 13.2 Å². The van der Waals surface area contributed by atoms with Crippen LogP contribution in [0, 0.1) is 5.92 Å². The molecular formula is C15H30F3N3. The number of nitrogens with two attached hydrogens (primary N) is 1. The largest absolute Gasteiger partial charge is 0.391 e. The zero-order chi connectivity index (χ0) is 16.1. The first-order valence-corrected chi connectivity index (χ1v) is 7.91. The Balaban J connectivity index is 2.87. The molecule has 2 unspecified atom stereocenters. The lowest BCUT2D eigenvalue weighted by molar-refractivity contribution is -0.193. The van der Waals surface area contributed by atoms with Gasteiger partial charge >= 0.3 is 6.18 Å². The molecule has 0 aromatic heterocycles. The average Bonchev–Trinajstić information content (AvgIpc) is 2.42. The van der Waals surface area contributed by atoms with Crippen LogP contribution in [0.2, 0.25) is 0 Å². The number of likely N-dealkylation sites (N-methyl/N-ethyl adjacent to an activating group) is 1. The second-order valence-electron chi connectivity index (χ2n) is 6.55. The SMILES string of the molecule is CCCN(CCN(C)C)C1(CN)CCCC(C(F)(F)F)C1. The summed E-state index contributed by atoms with van der Waals surface area (Å²) in [5.41, 5.74) is 5.48. The molecular weight excluding hydrogens is 279 g/mol. The fourth-order valence-electron chi connectivity index (χ4n) is 3.40. The predicted molar refractivity (Wildman–Crippen MR) is 80.2 cm³/mol. The summed E-state index contributed by atoms with van der Waals surface area (Å²) in [6.07, 6.45) is -1.36. The van der Waals surface area contributed by atoms with E-state index >= 15 is 0 Å². The lowest BCUT2D eigenvalue weighted by Crippen LogP contribution is -2.59. The molecule has 0 saturated heterocycles. The maximum Gasteiger partial charge on any atom is 0.391 e. The first-order valence-electron chi connectivity index (χ1n) is 7.91. The van der Waals surface area contributed by atoms with E-state index in [2.05, 4.69) is 16.7 Å². The standard InChI is InChI=1S/C15H30F3N3/c1-4-8-21(10-9-20(2)3)14(12-19)7-5-6-13(11-14)15(16,17)18/h13H,4-12,19H2,1-3H3. The Bertz CT molecular complexity index is 307. The first-order chi connectivity index (χ1) is 9.75. The van der Waals surface area contributed by atoms with Gasteiger partial charge in [0.2, 0.25) is 0 Å². The fraction of sp³-hybridized carbons (Fsp3) is 1.00. The first kappa shape index (κ1) is 18.7. The molecule has 1 saturated carbocycles. The summed E-state index contributed by atoms with van der Waals surface area (Å²) >= 11 is 0. The normalized spacial score (nSPS) is 27.6. The van der Waals surface area contributed by atoms with Gasteiger partial charge in [-0.25, -0.2) is 0 Å². The minimum Gasteiger partial charge on any atom is -0.329 e. The monoisotopic (exact) mass is 309 g/mol. The van der Waals surface area contributed by atoms with Crippen LogP contribution in [-0.4, -0.2) is 61.8 Å². The summed E-state index contributed by atoms with van der Waals surface area (Å²) in [4.78, 5) is 4.28. The van der Waals surface area contributed by atoms with Gasteiger partial charge < -0.3 is 10.6 Å². The summed E-state index contributed by atoms with van der Waals surface area (Å²) in [6, 6.07) is 0. The van der Waals surface area contributed by atoms with Gasteiger partial charge in [0.15, 0.2) is 0 Å². The van der Waals surface area contributed by atoms with Crippen molar-refractivity contribution >= 4 is 0 Å². The number of alkyl halides is 3. The summed E-state index contributed by atoms with van der Waals surface area (Å²) in [5, 5.41) is 0.